The van der Waals surface area contributed by atoms with Crippen molar-refractivity contribution < 1.29 is 4.74 Å². The predicted octanol–water partition coefficient (Wildman–Crippen LogP) is 2.20. The number of aromatic nitrogens is 1. The number of nitrogens with one attached hydrogen (secondary N) is 1. The van der Waals surface area contributed by atoms with Crippen LogP contribution in [-0.2, 0) is 11.3 Å². The maximum absolute atomic E-state index is 5.02. The van der Waals surface area contributed by atoms with Crippen LogP contribution in [0.25, 0.3) is 0 Å². The van der Waals surface area contributed by atoms with Gasteiger partial charge in [-0.1, -0.05) is 0 Å². The van der Waals surface area contributed by atoms with Crippen molar-refractivity contribution in [2.24, 2.45) is 0 Å². The number of ether oxygens (including phenoxy) is 1. The van der Waals surface area contributed by atoms with Gasteiger partial charge in [-0.3, -0.25) is 0 Å². The zero-order valence-corrected chi connectivity index (χ0v) is 9.99. The summed E-state index contributed by atoms with van der Waals surface area (Å²) in [5.41, 5.74) is 1.35. The molecule has 0 spiro atoms. The number of rotatable bonds is 7. The van der Waals surface area contributed by atoms with E-state index in [0.29, 0.717) is 6.04 Å². The Morgan fingerprint density at radius 1 is 1.47 bits per heavy atom. The van der Waals surface area contributed by atoms with Gasteiger partial charge in [0, 0.05) is 38.7 Å². The molecule has 1 atom stereocenters. The number of nitrogens with zero attached hydrogens (tertiary/aromatic N) is 1. The molecule has 86 valence electrons. The van der Waals surface area contributed by atoms with E-state index in [-0.39, 0.29) is 0 Å². The van der Waals surface area contributed by atoms with Crippen LogP contribution in [0.5, 0.6) is 0 Å². The van der Waals surface area contributed by atoms with E-state index < -0.39 is 0 Å². The summed E-state index contributed by atoms with van der Waals surface area (Å²) >= 11 is 0. The van der Waals surface area contributed by atoms with E-state index in [1.807, 2.05) is 7.05 Å². The van der Waals surface area contributed by atoms with Crippen molar-refractivity contribution in [3.63, 3.8) is 0 Å². The minimum atomic E-state index is 0.435. The summed E-state index contributed by atoms with van der Waals surface area (Å²) in [5, 5.41) is 3.24. The van der Waals surface area contributed by atoms with Crippen molar-refractivity contribution in [1.29, 1.82) is 0 Å². The third kappa shape index (κ3) is 4.06. The van der Waals surface area contributed by atoms with Crippen molar-refractivity contribution in [1.82, 2.24) is 9.88 Å². The maximum Gasteiger partial charge on any atom is 0.0462 e. The number of methoxy groups -OCH3 is 1. The van der Waals surface area contributed by atoms with Crippen LogP contribution >= 0.6 is 0 Å². The highest BCUT2D eigenvalue weighted by atomic mass is 16.5. The van der Waals surface area contributed by atoms with E-state index in [9.17, 15) is 0 Å². The first-order valence-electron chi connectivity index (χ1n) is 5.59. The molecule has 3 heteroatoms. The highest BCUT2D eigenvalue weighted by Gasteiger charge is 2.03. The number of hydrogen-bond donors (Lipinski definition) is 1. The van der Waals surface area contributed by atoms with Crippen LogP contribution in [0.2, 0.25) is 0 Å². The molecule has 1 heterocycles. The molecule has 0 aliphatic carbocycles. The van der Waals surface area contributed by atoms with E-state index in [2.05, 4.69) is 35.3 Å². The number of unbranched alkanes of at least 4 members (excludes halogenated alkanes) is 1. The Balaban J connectivity index is 2.33. The van der Waals surface area contributed by atoms with Gasteiger partial charge in [0.15, 0.2) is 0 Å². The molecule has 0 saturated carbocycles. The standard InChI is InChI=1S/C12H22N2O/c1-11(13-2)12-6-8-14(10-12)7-4-5-9-15-3/h6,8,10-11,13H,4-5,7,9H2,1-3H3. The molecule has 0 fully saturated rings. The van der Waals surface area contributed by atoms with E-state index in [4.69, 9.17) is 4.74 Å². The highest BCUT2D eigenvalue weighted by Crippen LogP contribution is 2.12. The molecule has 1 rings (SSSR count). The summed E-state index contributed by atoms with van der Waals surface area (Å²) in [6.45, 7) is 4.12. The van der Waals surface area contributed by atoms with Crippen LogP contribution in [0.3, 0.4) is 0 Å². The monoisotopic (exact) mass is 210 g/mol. The zero-order valence-electron chi connectivity index (χ0n) is 9.99. The van der Waals surface area contributed by atoms with Crippen LogP contribution < -0.4 is 5.32 Å². The van der Waals surface area contributed by atoms with E-state index in [1.165, 1.54) is 12.0 Å². The second kappa shape index (κ2) is 6.64. The molecular weight excluding hydrogens is 188 g/mol. The molecule has 1 unspecified atom stereocenters. The molecule has 3 nitrogen and oxygen atoms in total. The fourth-order valence-electron chi connectivity index (χ4n) is 1.56. The lowest BCUT2D eigenvalue weighted by atomic mass is 10.2. The lowest BCUT2D eigenvalue weighted by Gasteiger charge is -2.07. The van der Waals surface area contributed by atoms with Crippen molar-refractivity contribution in [2.75, 3.05) is 20.8 Å². The lowest BCUT2D eigenvalue weighted by Crippen LogP contribution is -2.11. The molecule has 0 aromatic carbocycles. The Morgan fingerprint density at radius 2 is 2.27 bits per heavy atom. The molecule has 0 amide bonds. The van der Waals surface area contributed by atoms with Crippen LogP contribution in [0.4, 0.5) is 0 Å². The average Bonchev–Trinajstić information content (AvgIpc) is 2.72. The molecule has 0 aliphatic heterocycles. The SMILES string of the molecule is CNC(C)c1ccn(CCCCOC)c1. The maximum atomic E-state index is 5.02. The van der Waals surface area contributed by atoms with Crippen LogP contribution in [0.1, 0.15) is 31.4 Å². The predicted molar refractivity (Wildman–Crippen MR) is 63.0 cm³/mol. The summed E-state index contributed by atoms with van der Waals surface area (Å²) in [7, 11) is 3.74. The third-order valence-corrected chi connectivity index (χ3v) is 2.72. The molecule has 0 radical (unpaired) electrons. The second-order valence-corrected chi connectivity index (χ2v) is 3.89. The smallest absolute Gasteiger partial charge is 0.0462 e. The zero-order chi connectivity index (χ0) is 11.1. The third-order valence-electron chi connectivity index (χ3n) is 2.72. The summed E-state index contributed by atoms with van der Waals surface area (Å²) in [4.78, 5) is 0. The fraction of sp³-hybridized carbons (Fsp3) is 0.667. The summed E-state index contributed by atoms with van der Waals surface area (Å²) in [6, 6.07) is 2.61. The van der Waals surface area contributed by atoms with Crippen LogP contribution in [0, 0.1) is 0 Å². The Hall–Kier alpha value is -0.800. The van der Waals surface area contributed by atoms with Gasteiger partial charge in [-0.15, -0.1) is 0 Å². The molecule has 1 aromatic heterocycles. The normalized spacial score (nSPS) is 13.0. The lowest BCUT2D eigenvalue weighted by molar-refractivity contribution is 0.191. The quantitative estimate of drug-likeness (QED) is 0.698. The largest absolute Gasteiger partial charge is 0.385 e. The minimum absolute atomic E-state index is 0.435. The van der Waals surface area contributed by atoms with Crippen molar-refractivity contribution in [3.8, 4) is 0 Å². The van der Waals surface area contributed by atoms with Gasteiger partial charge in [-0.05, 0) is 38.4 Å². The molecule has 1 aromatic rings. The molecule has 0 aliphatic rings. The molecule has 15 heavy (non-hydrogen) atoms. The fourth-order valence-corrected chi connectivity index (χ4v) is 1.56. The second-order valence-electron chi connectivity index (χ2n) is 3.89. The van der Waals surface area contributed by atoms with Crippen molar-refractivity contribution in [3.05, 3.63) is 24.0 Å². The topological polar surface area (TPSA) is 26.2 Å². The van der Waals surface area contributed by atoms with Crippen LogP contribution in [0.15, 0.2) is 18.5 Å². The van der Waals surface area contributed by atoms with Gasteiger partial charge in [-0.2, -0.15) is 0 Å². The first-order valence-corrected chi connectivity index (χ1v) is 5.59. The number of hydrogen-bond acceptors (Lipinski definition) is 2. The minimum Gasteiger partial charge on any atom is -0.385 e. The van der Waals surface area contributed by atoms with E-state index in [0.717, 1.165) is 19.6 Å². The van der Waals surface area contributed by atoms with Gasteiger partial charge < -0.3 is 14.6 Å². The first-order chi connectivity index (χ1) is 7.27. The Kier molecular flexibility index (Phi) is 5.43. The first kappa shape index (κ1) is 12.3. The van der Waals surface area contributed by atoms with Crippen molar-refractivity contribution in [2.45, 2.75) is 32.4 Å². The summed E-state index contributed by atoms with van der Waals surface area (Å²) in [6.07, 6.45) is 6.67. The molecular formula is C12H22N2O. The van der Waals surface area contributed by atoms with Gasteiger partial charge in [0.05, 0.1) is 0 Å². The Morgan fingerprint density at radius 3 is 2.93 bits per heavy atom. The highest BCUT2D eigenvalue weighted by molar-refractivity contribution is 5.14. The van der Waals surface area contributed by atoms with Crippen LogP contribution in [-0.4, -0.2) is 25.3 Å². The van der Waals surface area contributed by atoms with E-state index >= 15 is 0 Å². The van der Waals surface area contributed by atoms with Gasteiger partial charge in [-0.25, -0.2) is 0 Å². The average molecular weight is 210 g/mol. The summed E-state index contributed by atoms with van der Waals surface area (Å²) in [5.74, 6) is 0. The number of aryl methyl sites for hydroxylation is 1. The Labute approximate surface area is 92.4 Å². The van der Waals surface area contributed by atoms with Gasteiger partial charge >= 0.3 is 0 Å². The van der Waals surface area contributed by atoms with Gasteiger partial charge in [0.1, 0.15) is 0 Å². The van der Waals surface area contributed by atoms with Crippen molar-refractivity contribution >= 4 is 0 Å². The van der Waals surface area contributed by atoms with E-state index in [1.54, 1.807) is 7.11 Å². The molecule has 1 N–H and O–H groups in total. The van der Waals surface area contributed by atoms with Gasteiger partial charge in [0.25, 0.3) is 0 Å². The van der Waals surface area contributed by atoms with Gasteiger partial charge in [0.2, 0.25) is 0 Å². The molecule has 0 bridgehead atoms. The molecule has 0 saturated heterocycles. The Bertz CT molecular complexity index is 270. The summed E-state index contributed by atoms with van der Waals surface area (Å²) < 4.78 is 7.27.